The third kappa shape index (κ3) is 5.54. The fraction of sp³-hybridized carbons (Fsp3) is 0.0800. The molecule has 0 saturated heterocycles. The Morgan fingerprint density at radius 3 is 2.29 bits per heavy atom. The molecule has 2 amide bonds. The van der Waals surface area contributed by atoms with E-state index in [1.54, 1.807) is 36.4 Å². The van der Waals surface area contributed by atoms with E-state index in [9.17, 15) is 9.59 Å². The van der Waals surface area contributed by atoms with Crippen LogP contribution in [0.25, 0.3) is 16.8 Å². The number of hydrogen-bond acceptors (Lipinski definition) is 5. The lowest BCUT2D eigenvalue weighted by atomic mass is 10.1. The van der Waals surface area contributed by atoms with Crippen molar-refractivity contribution >= 4 is 23.3 Å². The first-order chi connectivity index (χ1) is 16.5. The van der Waals surface area contributed by atoms with Gasteiger partial charge in [0.25, 0.3) is 0 Å². The lowest BCUT2D eigenvalue weighted by Gasteiger charge is -2.15. The van der Waals surface area contributed by atoms with Crippen molar-refractivity contribution in [2.24, 2.45) is 5.73 Å². The first-order valence-electron chi connectivity index (χ1n) is 10.5. The van der Waals surface area contributed by atoms with Crippen LogP contribution in [-0.2, 0) is 0 Å². The minimum atomic E-state index is -0.631. The first-order valence-corrected chi connectivity index (χ1v) is 10.9. The normalized spacial score (nSPS) is 10.5. The highest BCUT2D eigenvalue weighted by atomic mass is 35.5. The van der Waals surface area contributed by atoms with Crippen LogP contribution in [0.4, 0.5) is 10.5 Å². The Kier molecular flexibility index (Phi) is 7.10. The van der Waals surface area contributed by atoms with Crippen LogP contribution in [0.15, 0.2) is 89.9 Å². The van der Waals surface area contributed by atoms with Crippen molar-refractivity contribution in [2.45, 2.75) is 0 Å². The van der Waals surface area contributed by atoms with E-state index in [0.29, 0.717) is 28.7 Å². The van der Waals surface area contributed by atoms with E-state index < -0.39 is 11.6 Å². The Hall–Kier alpha value is -4.30. The Morgan fingerprint density at radius 1 is 0.941 bits per heavy atom. The molecular weight excluding hydrogens is 454 g/mol. The number of aromatic nitrogens is 2. The summed E-state index contributed by atoms with van der Waals surface area (Å²) in [5.41, 5.74) is 7.67. The molecule has 0 unspecified atom stereocenters. The van der Waals surface area contributed by atoms with E-state index in [1.807, 2.05) is 42.5 Å². The first kappa shape index (κ1) is 22.9. The minimum absolute atomic E-state index is 0.0662. The van der Waals surface area contributed by atoms with Crippen molar-refractivity contribution in [3.8, 4) is 28.3 Å². The number of carbonyl (C=O) groups is 1. The molecule has 1 aromatic heterocycles. The summed E-state index contributed by atoms with van der Waals surface area (Å²) in [6.07, 6.45) is 1.49. The number of nitrogens with two attached hydrogens (primary N) is 1. The van der Waals surface area contributed by atoms with Gasteiger partial charge in [-0.05, 0) is 47.5 Å². The van der Waals surface area contributed by atoms with Crippen LogP contribution in [0.5, 0.6) is 11.5 Å². The molecule has 0 aliphatic carbocycles. The van der Waals surface area contributed by atoms with Crippen LogP contribution >= 0.6 is 11.6 Å². The molecule has 0 aliphatic heterocycles. The van der Waals surface area contributed by atoms with Gasteiger partial charge in [-0.15, -0.1) is 0 Å². The Bertz CT molecular complexity index is 1320. The maximum atomic E-state index is 13.3. The zero-order chi connectivity index (χ0) is 23.9. The number of nitrogens with zero attached hydrogens (tertiary/aromatic N) is 2. The van der Waals surface area contributed by atoms with E-state index in [1.165, 1.54) is 10.9 Å². The lowest BCUT2D eigenvalue weighted by Crippen LogP contribution is -2.33. The Morgan fingerprint density at radius 2 is 1.62 bits per heavy atom. The molecule has 4 rings (SSSR count). The molecule has 8 nitrogen and oxygen atoms in total. The summed E-state index contributed by atoms with van der Waals surface area (Å²) in [5.74, 6) is 0.556. The summed E-state index contributed by atoms with van der Waals surface area (Å²) in [6, 6.07) is 23.5. The molecule has 0 aliphatic rings. The van der Waals surface area contributed by atoms with Crippen molar-refractivity contribution in [1.29, 1.82) is 0 Å². The number of benzene rings is 3. The van der Waals surface area contributed by atoms with Gasteiger partial charge in [0.15, 0.2) is 0 Å². The molecule has 9 heteroatoms. The molecule has 0 bridgehead atoms. The number of hydrogen-bond donors (Lipinski definition) is 3. The van der Waals surface area contributed by atoms with E-state index in [0.717, 1.165) is 11.1 Å². The number of anilines is 1. The van der Waals surface area contributed by atoms with Crippen LogP contribution in [0.2, 0.25) is 5.02 Å². The van der Waals surface area contributed by atoms with Gasteiger partial charge in [-0.25, -0.2) is 4.79 Å². The van der Waals surface area contributed by atoms with Gasteiger partial charge in [0, 0.05) is 18.1 Å². The number of ether oxygens (including phenoxy) is 1. The number of rotatable bonds is 8. The second-order valence-corrected chi connectivity index (χ2v) is 7.73. The predicted octanol–water partition coefficient (Wildman–Crippen LogP) is 4.43. The maximum Gasteiger partial charge on any atom is 0.316 e. The molecule has 4 aromatic rings. The quantitative estimate of drug-likeness (QED) is 0.326. The number of carbonyl (C=O) groups excluding carboxylic acids is 1. The summed E-state index contributed by atoms with van der Waals surface area (Å²) >= 11 is 5.97. The fourth-order valence-electron chi connectivity index (χ4n) is 3.28. The lowest BCUT2D eigenvalue weighted by molar-refractivity contribution is 0.249. The van der Waals surface area contributed by atoms with Crippen LogP contribution in [0.3, 0.4) is 0 Å². The zero-order valence-electron chi connectivity index (χ0n) is 18.1. The van der Waals surface area contributed by atoms with Crippen LogP contribution < -0.4 is 26.7 Å². The van der Waals surface area contributed by atoms with Gasteiger partial charge in [0.1, 0.15) is 11.4 Å². The highest BCUT2D eigenvalue weighted by Gasteiger charge is 2.15. The highest BCUT2D eigenvalue weighted by Crippen LogP contribution is 2.28. The number of halogens is 1. The van der Waals surface area contributed by atoms with E-state index in [2.05, 4.69) is 15.7 Å². The van der Waals surface area contributed by atoms with Crippen molar-refractivity contribution in [2.75, 3.05) is 18.4 Å². The molecule has 0 radical (unpaired) electrons. The fourth-order valence-corrected chi connectivity index (χ4v) is 3.40. The number of primary amides is 1. The molecule has 1 heterocycles. The Balaban J connectivity index is 1.64. The van der Waals surface area contributed by atoms with Crippen molar-refractivity contribution < 1.29 is 9.53 Å². The van der Waals surface area contributed by atoms with E-state index in [4.69, 9.17) is 22.1 Å². The van der Waals surface area contributed by atoms with Gasteiger partial charge in [0.05, 0.1) is 11.9 Å². The second-order valence-electron chi connectivity index (χ2n) is 7.29. The highest BCUT2D eigenvalue weighted by molar-refractivity contribution is 6.30. The maximum absolute atomic E-state index is 13.3. The topological polar surface area (TPSA) is 111 Å². The Labute approximate surface area is 200 Å². The monoisotopic (exact) mass is 475 g/mol. The van der Waals surface area contributed by atoms with Gasteiger partial charge in [0.2, 0.25) is 5.75 Å². The van der Waals surface area contributed by atoms with Crippen LogP contribution in [-0.4, -0.2) is 28.9 Å². The van der Waals surface area contributed by atoms with Gasteiger partial charge in [-0.2, -0.15) is 9.78 Å². The molecule has 0 fully saturated rings. The van der Waals surface area contributed by atoms with Gasteiger partial charge < -0.3 is 21.1 Å². The van der Waals surface area contributed by atoms with E-state index in [-0.39, 0.29) is 12.3 Å². The summed E-state index contributed by atoms with van der Waals surface area (Å²) in [7, 11) is 0. The summed E-state index contributed by atoms with van der Waals surface area (Å²) in [6.45, 7) is 0.582. The summed E-state index contributed by atoms with van der Waals surface area (Å²) < 4.78 is 7.25. The number of nitrogens with one attached hydrogen (secondary N) is 2. The summed E-state index contributed by atoms with van der Waals surface area (Å²) in [5, 5.41) is 10.3. The van der Waals surface area contributed by atoms with Crippen LogP contribution in [0, 0.1) is 0 Å². The largest absolute Gasteiger partial charge is 0.449 e. The van der Waals surface area contributed by atoms with Crippen molar-refractivity contribution in [1.82, 2.24) is 15.1 Å². The van der Waals surface area contributed by atoms with Crippen LogP contribution in [0.1, 0.15) is 0 Å². The van der Waals surface area contributed by atoms with Crippen molar-refractivity contribution in [3.05, 3.63) is 100 Å². The SMILES string of the molecule is NC(=O)NCCNc1cnn(-c2ccc(Cl)cc2)c(=O)c1Oc1ccc(-c2ccccc2)cc1. The minimum Gasteiger partial charge on any atom is -0.449 e. The van der Waals surface area contributed by atoms with E-state index >= 15 is 0 Å². The molecular formula is C25H22ClN5O3. The molecule has 34 heavy (non-hydrogen) atoms. The third-order valence-corrected chi connectivity index (χ3v) is 5.18. The van der Waals surface area contributed by atoms with Gasteiger partial charge in [-0.3, -0.25) is 4.79 Å². The molecule has 0 saturated carbocycles. The third-order valence-electron chi connectivity index (χ3n) is 4.93. The van der Waals surface area contributed by atoms with Gasteiger partial charge >= 0.3 is 11.6 Å². The molecule has 4 N–H and O–H groups in total. The average molecular weight is 476 g/mol. The number of amides is 2. The van der Waals surface area contributed by atoms with Gasteiger partial charge in [-0.1, -0.05) is 54.1 Å². The molecule has 172 valence electrons. The predicted molar refractivity (Wildman–Crippen MR) is 133 cm³/mol. The smallest absolute Gasteiger partial charge is 0.316 e. The number of urea groups is 1. The standard InChI is InChI=1S/C25H22ClN5O3/c26-19-8-10-20(11-9-19)31-24(32)23(22(16-30-31)28-14-15-29-25(27)33)34-21-12-6-18(7-13-21)17-4-2-1-3-5-17/h1-13,16,28H,14-15H2,(H3,27,29,33). The summed E-state index contributed by atoms with van der Waals surface area (Å²) in [4.78, 5) is 24.2. The average Bonchev–Trinajstić information content (AvgIpc) is 2.85. The molecule has 3 aromatic carbocycles. The second kappa shape index (κ2) is 10.5. The molecule has 0 spiro atoms. The zero-order valence-corrected chi connectivity index (χ0v) is 18.8. The van der Waals surface area contributed by atoms with Crippen molar-refractivity contribution in [3.63, 3.8) is 0 Å². The molecule has 0 atom stereocenters.